The third kappa shape index (κ3) is 6.17. The summed E-state index contributed by atoms with van der Waals surface area (Å²) in [6, 6.07) is 24.5. The average molecular weight is 493 g/mol. The molecule has 0 bridgehead atoms. The van der Waals surface area contributed by atoms with Crippen molar-refractivity contribution >= 4 is 15.9 Å². The molecule has 6 nitrogen and oxygen atoms in total. The van der Waals surface area contributed by atoms with Crippen molar-refractivity contribution in [1.82, 2.24) is 9.21 Å². The van der Waals surface area contributed by atoms with Gasteiger partial charge in [0.2, 0.25) is 10.0 Å². The van der Waals surface area contributed by atoms with E-state index < -0.39 is 10.0 Å². The second-order valence-corrected chi connectivity index (χ2v) is 10.7. The SMILES string of the molecule is COCCN(CCCc1ccccc1)C(=O)c1cccc(S(=O)(=O)N2CCc3ccccc3C2)c1. The Balaban J connectivity index is 1.48. The summed E-state index contributed by atoms with van der Waals surface area (Å²) in [4.78, 5) is 15.3. The Kier molecular flexibility index (Phi) is 8.33. The molecule has 0 aliphatic carbocycles. The number of rotatable bonds is 10. The third-order valence-electron chi connectivity index (χ3n) is 6.40. The van der Waals surface area contributed by atoms with Crippen LogP contribution in [0.25, 0.3) is 0 Å². The minimum atomic E-state index is -3.72. The first-order valence-corrected chi connectivity index (χ1v) is 13.4. The molecular formula is C28H32N2O4S. The second kappa shape index (κ2) is 11.6. The van der Waals surface area contributed by atoms with Gasteiger partial charge in [-0.1, -0.05) is 60.7 Å². The van der Waals surface area contributed by atoms with Gasteiger partial charge in [-0.3, -0.25) is 4.79 Å². The Bertz CT molecular complexity index is 1240. The summed E-state index contributed by atoms with van der Waals surface area (Å²) in [5, 5.41) is 0. The zero-order valence-electron chi connectivity index (χ0n) is 20.1. The summed E-state index contributed by atoms with van der Waals surface area (Å²) in [5.41, 5.74) is 3.81. The van der Waals surface area contributed by atoms with Crippen LogP contribution in [0.5, 0.6) is 0 Å². The van der Waals surface area contributed by atoms with Crippen molar-refractivity contribution in [3.63, 3.8) is 0 Å². The number of ether oxygens (including phenoxy) is 1. The molecular weight excluding hydrogens is 460 g/mol. The molecule has 0 aromatic heterocycles. The summed E-state index contributed by atoms with van der Waals surface area (Å²) < 4.78 is 33.6. The maximum Gasteiger partial charge on any atom is 0.253 e. The molecule has 1 aliphatic heterocycles. The van der Waals surface area contributed by atoms with E-state index in [1.165, 1.54) is 21.5 Å². The van der Waals surface area contributed by atoms with E-state index in [1.54, 1.807) is 30.2 Å². The Morgan fingerprint density at radius 3 is 2.46 bits per heavy atom. The molecule has 35 heavy (non-hydrogen) atoms. The lowest BCUT2D eigenvalue weighted by molar-refractivity contribution is 0.0693. The van der Waals surface area contributed by atoms with Crippen molar-refractivity contribution in [1.29, 1.82) is 0 Å². The number of hydrogen-bond acceptors (Lipinski definition) is 4. The molecule has 1 aliphatic rings. The number of nitrogens with zero attached hydrogens (tertiary/aromatic N) is 2. The molecule has 1 amide bonds. The Hall–Kier alpha value is -3.00. The van der Waals surface area contributed by atoms with Crippen molar-refractivity contribution in [2.75, 3.05) is 33.4 Å². The minimum Gasteiger partial charge on any atom is -0.383 e. The number of amides is 1. The number of sulfonamides is 1. The predicted octanol–water partition coefficient (Wildman–Crippen LogP) is 4.16. The highest BCUT2D eigenvalue weighted by atomic mass is 32.2. The quantitative estimate of drug-likeness (QED) is 0.426. The van der Waals surface area contributed by atoms with Gasteiger partial charge in [-0.05, 0) is 54.2 Å². The van der Waals surface area contributed by atoms with E-state index in [0.717, 1.165) is 18.4 Å². The maximum atomic E-state index is 13.4. The maximum absolute atomic E-state index is 13.4. The van der Waals surface area contributed by atoms with E-state index in [9.17, 15) is 13.2 Å². The molecule has 0 saturated heterocycles. The highest BCUT2D eigenvalue weighted by molar-refractivity contribution is 7.89. The van der Waals surface area contributed by atoms with Gasteiger partial charge in [0.15, 0.2) is 0 Å². The molecule has 0 N–H and O–H groups in total. The molecule has 3 aromatic rings. The number of fused-ring (bicyclic) bond motifs is 1. The van der Waals surface area contributed by atoms with E-state index in [0.29, 0.717) is 44.8 Å². The van der Waals surface area contributed by atoms with Crippen molar-refractivity contribution in [3.8, 4) is 0 Å². The van der Waals surface area contributed by atoms with Crippen LogP contribution in [-0.4, -0.2) is 56.9 Å². The normalized spacial score (nSPS) is 13.9. The van der Waals surface area contributed by atoms with Crippen LogP contribution in [0.3, 0.4) is 0 Å². The highest BCUT2D eigenvalue weighted by Gasteiger charge is 2.29. The van der Waals surface area contributed by atoms with Gasteiger partial charge in [0, 0.05) is 38.9 Å². The van der Waals surface area contributed by atoms with Crippen LogP contribution in [0, 0.1) is 0 Å². The van der Waals surface area contributed by atoms with Crippen LogP contribution in [0.1, 0.15) is 33.5 Å². The van der Waals surface area contributed by atoms with Gasteiger partial charge in [-0.2, -0.15) is 4.31 Å². The lowest BCUT2D eigenvalue weighted by atomic mass is 10.0. The van der Waals surface area contributed by atoms with Crippen LogP contribution in [0.2, 0.25) is 0 Å². The molecule has 1 heterocycles. The fraction of sp³-hybridized carbons (Fsp3) is 0.321. The Morgan fingerprint density at radius 2 is 1.69 bits per heavy atom. The molecule has 0 fully saturated rings. The zero-order valence-corrected chi connectivity index (χ0v) is 20.9. The van der Waals surface area contributed by atoms with Gasteiger partial charge in [-0.15, -0.1) is 0 Å². The summed E-state index contributed by atoms with van der Waals surface area (Å²) in [7, 11) is -2.11. The average Bonchev–Trinajstić information content (AvgIpc) is 2.90. The van der Waals surface area contributed by atoms with Gasteiger partial charge in [0.05, 0.1) is 11.5 Å². The molecule has 0 atom stereocenters. The Labute approximate surface area is 208 Å². The van der Waals surface area contributed by atoms with Crippen LogP contribution in [0.4, 0.5) is 0 Å². The summed E-state index contributed by atoms with van der Waals surface area (Å²) in [5.74, 6) is -0.184. The van der Waals surface area contributed by atoms with E-state index in [2.05, 4.69) is 12.1 Å². The summed E-state index contributed by atoms with van der Waals surface area (Å²) in [6.07, 6.45) is 2.35. The zero-order chi connectivity index (χ0) is 24.7. The first kappa shape index (κ1) is 25.1. The molecule has 0 radical (unpaired) electrons. The molecule has 3 aromatic carbocycles. The molecule has 7 heteroatoms. The highest BCUT2D eigenvalue weighted by Crippen LogP contribution is 2.25. The predicted molar refractivity (Wildman–Crippen MR) is 137 cm³/mol. The first-order valence-electron chi connectivity index (χ1n) is 12.0. The number of carbonyl (C=O) groups is 1. The van der Waals surface area contributed by atoms with E-state index in [1.807, 2.05) is 42.5 Å². The van der Waals surface area contributed by atoms with Crippen molar-refractivity contribution < 1.29 is 17.9 Å². The number of methoxy groups -OCH3 is 1. The lowest BCUT2D eigenvalue weighted by Gasteiger charge is -2.28. The number of hydrogen-bond donors (Lipinski definition) is 0. The molecule has 0 spiro atoms. The monoisotopic (exact) mass is 492 g/mol. The number of carbonyl (C=O) groups excluding carboxylic acids is 1. The minimum absolute atomic E-state index is 0.152. The van der Waals surface area contributed by atoms with Gasteiger partial charge in [-0.25, -0.2) is 8.42 Å². The van der Waals surface area contributed by atoms with Crippen molar-refractivity contribution in [2.45, 2.75) is 30.7 Å². The van der Waals surface area contributed by atoms with Crippen LogP contribution in [-0.2, 0) is 34.1 Å². The third-order valence-corrected chi connectivity index (χ3v) is 8.24. The van der Waals surface area contributed by atoms with Gasteiger partial charge in [0.1, 0.15) is 0 Å². The van der Waals surface area contributed by atoms with Gasteiger partial charge < -0.3 is 9.64 Å². The topological polar surface area (TPSA) is 66.9 Å². The standard InChI is InChI=1S/C28H32N2O4S/c1-34-20-19-29(17-8-11-23-9-3-2-4-10-23)28(31)25-14-7-15-27(21-25)35(32,33)30-18-16-24-12-5-6-13-26(24)22-30/h2-7,9-10,12-15,21H,8,11,16-20,22H2,1H3. The van der Waals surface area contributed by atoms with E-state index in [4.69, 9.17) is 4.74 Å². The van der Waals surface area contributed by atoms with E-state index in [-0.39, 0.29) is 10.8 Å². The summed E-state index contributed by atoms with van der Waals surface area (Å²) >= 11 is 0. The Morgan fingerprint density at radius 1 is 0.943 bits per heavy atom. The first-order chi connectivity index (χ1) is 17.0. The van der Waals surface area contributed by atoms with Crippen molar-refractivity contribution in [2.24, 2.45) is 0 Å². The van der Waals surface area contributed by atoms with Crippen LogP contribution >= 0.6 is 0 Å². The van der Waals surface area contributed by atoms with Crippen molar-refractivity contribution in [3.05, 3.63) is 101 Å². The molecule has 184 valence electrons. The summed E-state index contributed by atoms with van der Waals surface area (Å²) in [6.45, 7) is 2.20. The fourth-order valence-corrected chi connectivity index (χ4v) is 5.90. The number of aryl methyl sites for hydroxylation is 1. The fourth-order valence-electron chi connectivity index (χ4n) is 4.43. The smallest absolute Gasteiger partial charge is 0.253 e. The van der Waals surface area contributed by atoms with Crippen LogP contribution in [0.15, 0.2) is 83.8 Å². The van der Waals surface area contributed by atoms with Gasteiger partial charge in [0.25, 0.3) is 5.91 Å². The molecule has 0 saturated carbocycles. The second-order valence-electron chi connectivity index (χ2n) is 8.76. The van der Waals surface area contributed by atoms with Crippen LogP contribution < -0.4 is 0 Å². The molecule has 4 rings (SSSR count). The van der Waals surface area contributed by atoms with Gasteiger partial charge >= 0.3 is 0 Å². The molecule has 0 unspecified atom stereocenters. The largest absolute Gasteiger partial charge is 0.383 e. The lowest BCUT2D eigenvalue weighted by Crippen LogP contribution is -2.36. The number of benzene rings is 3. The van der Waals surface area contributed by atoms with E-state index >= 15 is 0 Å².